The number of hydrogen-bond acceptors (Lipinski definition) is 5. The Morgan fingerprint density at radius 1 is 1.33 bits per heavy atom. The molecule has 0 bridgehead atoms. The number of benzene rings is 1. The van der Waals surface area contributed by atoms with Crippen LogP contribution in [-0.4, -0.2) is 18.5 Å². The van der Waals surface area contributed by atoms with Crippen molar-refractivity contribution in [2.45, 2.75) is 39.5 Å². The van der Waals surface area contributed by atoms with E-state index in [0.717, 1.165) is 36.0 Å². The van der Waals surface area contributed by atoms with E-state index in [4.69, 9.17) is 4.74 Å². The first-order chi connectivity index (χ1) is 13.0. The van der Waals surface area contributed by atoms with E-state index in [9.17, 15) is 14.9 Å². The Balaban J connectivity index is 1.56. The van der Waals surface area contributed by atoms with E-state index in [-0.39, 0.29) is 13.0 Å². The van der Waals surface area contributed by atoms with E-state index < -0.39 is 11.9 Å². The molecular formula is C21H22N2O3S. The number of hydrogen-bond donors (Lipinski definition) is 1. The van der Waals surface area contributed by atoms with Crippen LogP contribution in [0.2, 0.25) is 0 Å². The summed E-state index contributed by atoms with van der Waals surface area (Å²) < 4.78 is 5.07. The van der Waals surface area contributed by atoms with Gasteiger partial charge in [-0.3, -0.25) is 9.59 Å². The third-order valence-electron chi connectivity index (χ3n) is 4.71. The molecule has 1 aromatic carbocycles. The minimum absolute atomic E-state index is 0.127. The molecule has 3 rings (SSSR count). The van der Waals surface area contributed by atoms with Crippen LogP contribution in [0.5, 0.6) is 0 Å². The molecule has 0 spiro atoms. The number of carbonyl (C=O) groups excluding carboxylic acids is 2. The lowest BCUT2D eigenvalue weighted by atomic mass is 9.89. The topological polar surface area (TPSA) is 79.2 Å². The lowest BCUT2D eigenvalue weighted by molar-refractivity contribution is -0.146. The van der Waals surface area contributed by atoms with Crippen molar-refractivity contribution < 1.29 is 14.3 Å². The number of aryl methyl sites for hydroxylation is 1. The van der Waals surface area contributed by atoms with Gasteiger partial charge in [0, 0.05) is 4.88 Å². The van der Waals surface area contributed by atoms with Crippen LogP contribution >= 0.6 is 11.3 Å². The van der Waals surface area contributed by atoms with Crippen molar-refractivity contribution in [2.75, 3.05) is 11.9 Å². The Labute approximate surface area is 163 Å². The molecule has 1 N–H and O–H groups in total. The van der Waals surface area contributed by atoms with Crippen molar-refractivity contribution >= 4 is 28.2 Å². The number of nitrogens with one attached hydrogen (secondary N) is 1. The number of amides is 1. The normalized spacial score (nSPS) is 15.5. The van der Waals surface area contributed by atoms with Gasteiger partial charge in [0.05, 0.1) is 12.0 Å². The Morgan fingerprint density at radius 2 is 2.07 bits per heavy atom. The van der Waals surface area contributed by atoms with Crippen LogP contribution in [0.1, 0.15) is 40.5 Å². The molecule has 0 radical (unpaired) electrons. The molecule has 1 amide bonds. The van der Waals surface area contributed by atoms with Crippen molar-refractivity contribution in [3.8, 4) is 6.07 Å². The number of anilines is 1. The highest BCUT2D eigenvalue weighted by atomic mass is 32.1. The zero-order valence-electron chi connectivity index (χ0n) is 15.5. The number of ether oxygens (including phenoxy) is 1. The summed E-state index contributed by atoms with van der Waals surface area (Å²) in [5.74, 6) is -0.279. The molecule has 0 saturated carbocycles. The summed E-state index contributed by atoms with van der Waals surface area (Å²) in [4.78, 5) is 25.3. The number of rotatable bonds is 5. The second kappa shape index (κ2) is 8.36. The fraction of sp³-hybridized carbons (Fsp3) is 0.381. The van der Waals surface area contributed by atoms with Gasteiger partial charge in [0.15, 0.2) is 6.61 Å². The van der Waals surface area contributed by atoms with E-state index in [1.165, 1.54) is 16.2 Å². The van der Waals surface area contributed by atoms with E-state index in [2.05, 4.69) is 18.3 Å². The first kappa shape index (κ1) is 19.1. The Morgan fingerprint density at radius 3 is 2.78 bits per heavy atom. The van der Waals surface area contributed by atoms with Gasteiger partial charge in [-0.05, 0) is 43.2 Å². The monoisotopic (exact) mass is 382 g/mol. The summed E-state index contributed by atoms with van der Waals surface area (Å²) in [6, 6.07) is 9.81. The molecule has 5 nitrogen and oxygen atoms in total. The Hall–Kier alpha value is -2.65. The lowest BCUT2D eigenvalue weighted by Gasteiger charge is -2.17. The molecule has 0 unspecified atom stereocenters. The summed E-state index contributed by atoms with van der Waals surface area (Å²) in [7, 11) is 0. The maximum Gasteiger partial charge on any atom is 0.310 e. The van der Waals surface area contributed by atoms with Crippen LogP contribution in [0.3, 0.4) is 0 Å². The third kappa shape index (κ3) is 4.75. The van der Waals surface area contributed by atoms with Crippen molar-refractivity contribution in [1.82, 2.24) is 0 Å². The maximum atomic E-state index is 12.2. The van der Waals surface area contributed by atoms with E-state index in [0.29, 0.717) is 16.5 Å². The Kier molecular flexibility index (Phi) is 5.92. The highest BCUT2D eigenvalue weighted by Crippen LogP contribution is 2.39. The predicted molar refractivity (Wildman–Crippen MR) is 105 cm³/mol. The van der Waals surface area contributed by atoms with Crippen molar-refractivity contribution in [1.29, 1.82) is 5.26 Å². The summed E-state index contributed by atoms with van der Waals surface area (Å²) in [5, 5.41) is 12.8. The largest absolute Gasteiger partial charge is 0.455 e. The summed E-state index contributed by atoms with van der Waals surface area (Å²) in [5.41, 5.74) is 3.58. The molecule has 1 aliphatic carbocycles. The average Bonchev–Trinajstić information content (AvgIpc) is 2.97. The van der Waals surface area contributed by atoms with Crippen molar-refractivity contribution in [3.63, 3.8) is 0 Å². The summed E-state index contributed by atoms with van der Waals surface area (Å²) in [6.45, 7) is 3.82. The van der Waals surface area contributed by atoms with Gasteiger partial charge in [0.1, 0.15) is 11.1 Å². The van der Waals surface area contributed by atoms with Crippen LogP contribution in [0.4, 0.5) is 5.00 Å². The van der Waals surface area contributed by atoms with Crippen molar-refractivity contribution in [2.24, 2.45) is 5.92 Å². The minimum atomic E-state index is -0.450. The predicted octanol–water partition coefficient (Wildman–Crippen LogP) is 3.78. The average molecular weight is 382 g/mol. The number of thiophene rings is 1. The lowest BCUT2D eigenvalue weighted by Crippen LogP contribution is -2.21. The number of esters is 1. The molecule has 0 fully saturated rings. The van der Waals surface area contributed by atoms with E-state index >= 15 is 0 Å². The van der Waals surface area contributed by atoms with E-state index in [1.807, 2.05) is 31.2 Å². The number of fused-ring (bicyclic) bond motifs is 1. The van der Waals surface area contributed by atoms with Gasteiger partial charge < -0.3 is 10.1 Å². The Bertz CT molecular complexity index is 893. The zero-order chi connectivity index (χ0) is 19.4. The molecule has 1 heterocycles. The summed E-state index contributed by atoms with van der Waals surface area (Å²) >= 11 is 1.46. The van der Waals surface area contributed by atoms with E-state index in [1.54, 1.807) is 0 Å². The second-order valence-electron chi connectivity index (χ2n) is 7.04. The molecule has 2 aromatic rings. The minimum Gasteiger partial charge on any atom is -0.455 e. The fourth-order valence-electron chi connectivity index (χ4n) is 3.19. The molecule has 1 aromatic heterocycles. The maximum absolute atomic E-state index is 12.2. The van der Waals surface area contributed by atoms with Gasteiger partial charge >= 0.3 is 5.97 Å². The molecule has 0 saturated heterocycles. The highest BCUT2D eigenvalue weighted by Gasteiger charge is 2.24. The molecule has 6 heteroatoms. The molecule has 27 heavy (non-hydrogen) atoms. The van der Waals surface area contributed by atoms with Crippen molar-refractivity contribution in [3.05, 3.63) is 51.4 Å². The van der Waals surface area contributed by atoms with Crippen LogP contribution in [0, 0.1) is 24.2 Å². The molecule has 140 valence electrons. The molecule has 0 aliphatic heterocycles. The van der Waals surface area contributed by atoms with Gasteiger partial charge in [-0.25, -0.2) is 0 Å². The van der Waals surface area contributed by atoms with Crippen LogP contribution in [0.25, 0.3) is 0 Å². The first-order valence-electron chi connectivity index (χ1n) is 9.02. The van der Waals surface area contributed by atoms with Gasteiger partial charge in [-0.1, -0.05) is 36.8 Å². The van der Waals surface area contributed by atoms with Gasteiger partial charge in [0.2, 0.25) is 0 Å². The molecular weight excluding hydrogens is 360 g/mol. The van der Waals surface area contributed by atoms with Crippen LogP contribution < -0.4 is 5.32 Å². The van der Waals surface area contributed by atoms with Crippen LogP contribution in [-0.2, 0) is 33.6 Å². The summed E-state index contributed by atoms with van der Waals surface area (Å²) in [6.07, 6.45) is 3.00. The third-order valence-corrected chi connectivity index (χ3v) is 5.88. The highest BCUT2D eigenvalue weighted by molar-refractivity contribution is 7.16. The van der Waals surface area contributed by atoms with Gasteiger partial charge in [0.25, 0.3) is 5.91 Å². The molecule has 1 atom stereocenters. The number of nitriles is 1. The molecule has 1 aliphatic rings. The smallest absolute Gasteiger partial charge is 0.310 e. The zero-order valence-corrected chi connectivity index (χ0v) is 16.3. The first-order valence-corrected chi connectivity index (χ1v) is 9.83. The fourth-order valence-corrected chi connectivity index (χ4v) is 4.57. The number of nitrogens with zero attached hydrogens (tertiary/aromatic N) is 1. The van der Waals surface area contributed by atoms with Gasteiger partial charge in [-0.15, -0.1) is 11.3 Å². The SMILES string of the molecule is Cc1ccc(CC(=O)OCC(=O)Nc2sc3c(c2C#N)CC[C@@H](C)C3)cc1. The standard InChI is InChI=1S/C21H22N2O3S/c1-13-3-6-15(7-4-13)10-20(25)26-12-19(24)23-21-17(11-22)16-8-5-14(2)9-18(16)27-21/h3-4,6-7,14H,5,8-10,12H2,1-2H3,(H,23,24)/t14-/m1/s1. The quantitative estimate of drug-likeness (QED) is 0.798. The second-order valence-corrected chi connectivity index (χ2v) is 8.14. The van der Waals surface area contributed by atoms with Crippen LogP contribution in [0.15, 0.2) is 24.3 Å². The van der Waals surface area contributed by atoms with Gasteiger partial charge in [-0.2, -0.15) is 5.26 Å². The number of carbonyl (C=O) groups is 2.